The fourth-order valence-electron chi connectivity index (χ4n) is 2.20. The number of amides is 1. The summed E-state index contributed by atoms with van der Waals surface area (Å²) in [5.74, 6) is -0.506. The Bertz CT molecular complexity index is 681. The number of nitrogens with one attached hydrogen (secondary N) is 1. The highest BCUT2D eigenvalue weighted by Crippen LogP contribution is 2.34. The molecule has 2 aromatic rings. The lowest BCUT2D eigenvalue weighted by atomic mass is 10.1. The molecule has 8 heteroatoms. The number of benzene rings is 1. The van der Waals surface area contributed by atoms with Crippen LogP contribution in [0.4, 0.5) is 18.9 Å². The van der Waals surface area contributed by atoms with Gasteiger partial charge in [0.05, 0.1) is 24.0 Å². The van der Waals surface area contributed by atoms with Crippen LogP contribution in [0.25, 0.3) is 0 Å². The van der Waals surface area contributed by atoms with Gasteiger partial charge in [0.1, 0.15) is 0 Å². The van der Waals surface area contributed by atoms with Gasteiger partial charge >= 0.3 is 6.18 Å². The van der Waals surface area contributed by atoms with Gasteiger partial charge in [-0.3, -0.25) is 14.4 Å². The molecule has 5 nitrogen and oxygen atoms in total. The van der Waals surface area contributed by atoms with E-state index in [1.807, 2.05) is 6.20 Å². The van der Waals surface area contributed by atoms with Crippen LogP contribution in [0.2, 0.25) is 0 Å². The maximum Gasteiger partial charge on any atom is 0.418 e. The lowest BCUT2D eigenvalue weighted by molar-refractivity contribution is -0.137. The van der Waals surface area contributed by atoms with Crippen LogP contribution in [-0.4, -0.2) is 34.2 Å². The number of aryl methyl sites for hydroxylation is 1. The van der Waals surface area contributed by atoms with E-state index >= 15 is 0 Å². The monoisotopic (exact) mass is 326 g/mol. The summed E-state index contributed by atoms with van der Waals surface area (Å²) in [6.45, 7) is 0.448. The summed E-state index contributed by atoms with van der Waals surface area (Å²) < 4.78 is 40.3. The summed E-state index contributed by atoms with van der Waals surface area (Å²) in [6, 6.07) is 4.91. The molecule has 1 aromatic heterocycles. The van der Waals surface area contributed by atoms with Gasteiger partial charge in [0.15, 0.2) is 0 Å². The van der Waals surface area contributed by atoms with E-state index in [9.17, 15) is 18.0 Å². The lowest BCUT2D eigenvalue weighted by Gasteiger charge is -2.17. The van der Waals surface area contributed by atoms with Gasteiger partial charge in [0, 0.05) is 25.4 Å². The summed E-state index contributed by atoms with van der Waals surface area (Å²) in [5.41, 5.74) is -0.179. The first-order valence-electron chi connectivity index (χ1n) is 6.88. The molecule has 2 rings (SSSR count). The second kappa shape index (κ2) is 6.82. The molecule has 1 aromatic carbocycles. The quantitative estimate of drug-likeness (QED) is 0.918. The van der Waals surface area contributed by atoms with E-state index in [4.69, 9.17) is 0 Å². The maximum absolute atomic E-state index is 12.9. The number of likely N-dealkylation sites (N-methyl/N-ethyl adjacent to an activating group) is 1. The third kappa shape index (κ3) is 4.82. The summed E-state index contributed by atoms with van der Waals surface area (Å²) in [7, 11) is 3.49. The van der Waals surface area contributed by atoms with Crippen molar-refractivity contribution < 1.29 is 18.0 Å². The molecule has 0 radical (unpaired) electrons. The van der Waals surface area contributed by atoms with Crippen molar-refractivity contribution in [2.45, 2.75) is 12.7 Å². The van der Waals surface area contributed by atoms with E-state index in [0.717, 1.165) is 11.6 Å². The predicted molar refractivity (Wildman–Crippen MR) is 79.6 cm³/mol. The number of alkyl halides is 3. The van der Waals surface area contributed by atoms with Crippen LogP contribution in [0.5, 0.6) is 0 Å². The van der Waals surface area contributed by atoms with Crippen molar-refractivity contribution in [3.8, 4) is 0 Å². The number of carbonyl (C=O) groups is 1. The Kier molecular flexibility index (Phi) is 5.05. The van der Waals surface area contributed by atoms with Gasteiger partial charge in [-0.1, -0.05) is 12.1 Å². The molecule has 0 saturated heterocycles. The topological polar surface area (TPSA) is 50.2 Å². The maximum atomic E-state index is 12.9. The predicted octanol–water partition coefficient (Wildman–Crippen LogP) is 2.51. The Morgan fingerprint density at radius 2 is 2.04 bits per heavy atom. The molecular weight excluding hydrogens is 309 g/mol. The van der Waals surface area contributed by atoms with Gasteiger partial charge in [-0.25, -0.2) is 0 Å². The van der Waals surface area contributed by atoms with Gasteiger partial charge < -0.3 is 5.32 Å². The molecule has 1 amide bonds. The second-order valence-corrected chi connectivity index (χ2v) is 5.29. The number of rotatable bonds is 5. The normalized spacial score (nSPS) is 11.7. The molecular formula is C15H17F3N4O. The first kappa shape index (κ1) is 17.0. The largest absolute Gasteiger partial charge is 0.418 e. The Balaban J connectivity index is 1.97. The third-order valence-corrected chi connectivity index (χ3v) is 3.13. The average Bonchev–Trinajstić information content (AvgIpc) is 2.83. The smallest absolute Gasteiger partial charge is 0.324 e. The van der Waals surface area contributed by atoms with E-state index in [1.54, 1.807) is 29.9 Å². The number of para-hydroxylation sites is 1. The van der Waals surface area contributed by atoms with Gasteiger partial charge in [-0.15, -0.1) is 0 Å². The van der Waals surface area contributed by atoms with Gasteiger partial charge in [0.25, 0.3) is 0 Å². The van der Waals surface area contributed by atoms with Crippen LogP contribution in [-0.2, 0) is 24.6 Å². The minimum atomic E-state index is -4.51. The Labute approximate surface area is 131 Å². The van der Waals surface area contributed by atoms with Crippen molar-refractivity contribution in [3.05, 3.63) is 47.8 Å². The van der Waals surface area contributed by atoms with E-state index in [-0.39, 0.29) is 12.2 Å². The molecule has 0 spiro atoms. The standard InChI is InChI=1S/C15H17F3N4O/c1-21(8-11-7-19-22(2)9-11)10-14(23)20-13-6-4-3-5-12(13)15(16,17)18/h3-7,9H,8,10H2,1-2H3,(H,20,23). The number of carbonyl (C=O) groups excluding carboxylic acids is 1. The third-order valence-electron chi connectivity index (χ3n) is 3.13. The molecule has 0 saturated carbocycles. The van der Waals surface area contributed by atoms with E-state index in [0.29, 0.717) is 6.54 Å². The SMILES string of the molecule is CN(CC(=O)Nc1ccccc1C(F)(F)F)Cc1cnn(C)c1. The fraction of sp³-hybridized carbons (Fsp3) is 0.333. The number of aromatic nitrogens is 2. The van der Waals surface area contributed by atoms with Crippen molar-refractivity contribution >= 4 is 11.6 Å². The Hall–Kier alpha value is -2.35. The van der Waals surface area contributed by atoms with Crippen molar-refractivity contribution in [2.75, 3.05) is 18.9 Å². The lowest BCUT2D eigenvalue weighted by Crippen LogP contribution is -2.30. The van der Waals surface area contributed by atoms with Crippen molar-refractivity contribution in [2.24, 2.45) is 7.05 Å². The number of hydrogen-bond donors (Lipinski definition) is 1. The van der Waals surface area contributed by atoms with Crippen molar-refractivity contribution in [1.82, 2.24) is 14.7 Å². The van der Waals surface area contributed by atoms with Crippen LogP contribution in [0, 0.1) is 0 Å². The van der Waals surface area contributed by atoms with Crippen LogP contribution in [0.1, 0.15) is 11.1 Å². The van der Waals surface area contributed by atoms with E-state index in [1.165, 1.54) is 18.2 Å². The van der Waals surface area contributed by atoms with Crippen LogP contribution in [0.3, 0.4) is 0 Å². The summed E-state index contributed by atoms with van der Waals surface area (Å²) >= 11 is 0. The summed E-state index contributed by atoms with van der Waals surface area (Å²) in [6.07, 6.45) is -1.02. The minimum absolute atomic E-state index is 0.0267. The number of anilines is 1. The second-order valence-electron chi connectivity index (χ2n) is 5.29. The van der Waals surface area contributed by atoms with Gasteiger partial charge in [-0.05, 0) is 19.2 Å². The highest BCUT2D eigenvalue weighted by molar-refractivity contribution is 5.93. The first-order valence-corrected chi connectivity index (χ1v) is 6.88. The van der Waals surface area contributed by atoms with E-state index in [2.05, 4.69) is 10.4 Å². The van der Waals surface area contributed by atoms with Crippen LogP contribution >= 0.6 is 0 Å². The number of nitrogens with zero attached hydrogens (tertiary/aromatic N) is 3. The summed E-state index contributed by atoms with van der Waals surface area (Å²) in [4.78, 5) is 13.7. The fourth-order valence-corrected chi connectivity index (χ4v) is 2.20. The molecule has 23 heavy (non-hydrogen) atoms. The molecule has 0 aliphatic heterocycles. The molecule has 1 heterocycles. The zero-order chi connectivity index (χ0) is 17.0. The molecule has 1 N–H and O–H groups in total. The van der Waals surface area contributed by atoms with Crippen LogP contribution < -0.4 is 5.32 Å². The highest BCUT2D eigenvalue weighted by atomic mass is 19.4. The zero-order valence-electron chi connectivity index (χ0n) is 12.8. The Morgan fingerprint density at radius 3 is 2.65 bits per heavy atom. The minimum Gasteiger partial charge on any atom is -0.324 e. The zero-order valence-corrected chi connectivity index (χ0v) is 12.8. The average molecular weight is 326 g/mol. The molecule has 0 unspecified atom stereocenters. The highest BCUT2D eigenvalue weighted by Gasteiger charge is 2.33. The van der Waals surface area contributed by atoms with Gasteiger partial charge in [0.2, 0.25) is 5.91 Å². The summed E-state index contributed by atoms with van der Waals surface area (Å²) in [5, 5.41) is 6.34. The van der Waals surface area contributed by atoms with Crippen molar-refractivity contribution in [1.29, 1.82) is 0 Å². The van der Waals surface area contributed by atoms with Crippen molar-refractivity contribution in [3.63, 3.8) is 0 Å². The molecule has 0 aliphatic carbocycles. The molecule has 0 fully saturated rings. The number of halogens is 3. The van der Waals surface area contributed by atoms with Gasteiger partial charge in [-0.2, -0.15) is 18.3 Å². The van der Waals surface area contributed by atoms with Crippen LogP contribution in [0.15, 0.2) is 36.7 Å². The number of hydrogen-bond acceptors (Lipinski definition) is 3. The molecule has 0 aliphatic rings. The molecule has 0 atom stereocenters. The molecule has 124 valence electrons. The van der Waals surface area contributed by atoms with E-state index < -0.39 is 17.6 Å². The molecule has 0 bridgehead atoms. The first-order chi connectivity index (χ1) is 10.8. The Morgan fingerprint density at radius 1 is 1.35 bits per heavy atom.